The van der Waals surface area contributed by atoms with Gasteiger partial charge in [-0.15, -0.1) is 0 Å². The number of amides is 1. The number of anilines is 1. The highest BCUT2D eigenvalue weighted by Gasteiger charge is 2.53. The van der Waals surface area contributed by atoms with Crippen LogP contribution in [0.15, 0.2) is 42.7 Å². The third kappa shape index (κ3) is 13.2. The van der Waals surface area contributed by atoms with Crippen LogP contribution in [-0.2, 0) is 46.2 Å². The number of carbonyl (C=O) groups excluding carboxylic acids is 2. The average molecular weight is 1110 g/mol. The number of pyridine rings is 1. The second-order valence-corrected chi connectivity index (χ2v) is 26.6. The number of nitrogens with zero attached hydrogens (tertiary/aromatic N) is 6. The third-order valence-electron chi connectivity index (χ3n) is 19.9. The van der Waals surface area contributed by atoms with Gasteiger partial charge in [0.05, 0.1) is 49.4 Å². The van der Waals surface area contributed by atoms with Crippen LogP contribution in [0.4, 0.5) is 5.69 Å². The minimum atomic E-state index is -0.334. The Morgan fingerprint density at radius 3 is 2.35 bits per heavy atom. The number of benzene rings is 1. The third-order valence-corrected chi connectivity index (χ3v) is 19.9. The normalized spacial score (nSPS) is 22.3. The van der Waals surface area contributed by atoms with Gasteiger partial charge in [-0.2, -0.15) is 0 Å². The molecular formula is C65H106N8O7. The molecule has 1 aromatic carbocycles. The predicted molar refractivity (Wildman–Crippen MR) is 324 cm³/mol. The number of aryl methyl sites for hydroxylation is 1. The van der Waals surface area contributed by atoms with E-state index >= 15 is 4.79 Å². The van der Waals surface area contributed by atoms with E-state index < -0.39 is 0 Å². The maximum atomic E-state index is 15.6. The number of likely N-dealkylation sites (tertiary alicyclic amines) is 2. The van der Waals surface area contributed by atoms with Crippen molar-refractivity contribution in [1.82, 2.24) is 35.1 Å². The number of carbonyl (C=O) groups is 2. The number of methoxy groups -OCH3 is 2. The van der Waals surface area contributed by atoms with Crippen molar-refractivity contribution in [3.05, 3.63) is 59.6 Å². The molecule has 80 heavy (non-hydrogen) atoms. The van der Waals surface area contributed by atoms with Crippen molar-refractivity contribution in [3.63, 3.8) is 0 Å². The summed E-state index contributed by atoms with van der Waals surface area (Å²) in [5.41, 5.74) is 12.8. The van der Waals surface area contributed by atoms with Crippen molar-refractivity contribution in [3.8, 4) is 11.3 Å². The predicted octanol–water partition coefficient (Wildman–Crippen LogP) is 10.4. The topological polar surface area (TPSA) is 135 Å². The SMILES string of the molecule is C=C([C@@H](NC(=O)[C@H](C(C)C)N1CCC[C@@H]1C(C)(C)C1CCOCC1)[C@@H](CCN(CCOC)c1ccc2c(c1)c(CC(C)(C)CCC=O)c(-c1cc(C3CCOCC3)cnc1[C@H](C)OC)n2CC)N1CC2(COC2)C1)N1CCCCN1.[HH].[HH]. The van der Waals surface area contributed by atoms with Crippen molar-refractivity contribution in [2.75, 3.05) is 111 Å². The highest BCUT2D eigenvalue weighted by atomic mass is 16.5. The summed E-state index contributed by atoms with van der Waals surface area (Å²) in [5, 5.41) is 7.31. The number of aldehydes is 1. The molecule has 3 aromatic rings. The maximum absolute atomic E-state index is 15.6. The van der Waals surface area contributed by atoms with E-state index in [-0.39, 0.29) is 55.2 Å². The first-order valence-corrected chi connectivity index (χ1v) is 31.1. The zero-order valence-electron chi connectivity index (χ0n) is 50.9. The number of aromatic nitrogens is 2. The zero-order valence-corrected chi connectivity index (χ0v) is 50.9. The van der Waals surface area contributed by atoms with Gasteiger partial charge >= 0.3 is 0 Å². The molecule has 6 aliphatic heterocycles. The summed E-state index contributed by atoms with van der Waals surface area (Å²) in [6.45, 7) is 35.3. The van der Waals surface area contributed by atoms with Crippen LogP contribution in [0.25, 0.3) is 22.2 Å². The summed E-state index contributed by atoms with van der Waals surface area (Å²) in [6.07, 6.45) is 14.3. The molecule has 0 radical (unpaired) electrons. The van der Waals surface area contributed by atoms with E-state index in [9.17, 15) is 4.79 Å². The molecule has 6 aliphatic rings. The molecule has 8 heterocycles. The monoisotopic (exact) mass is 1110 g/mol. The van der Waals surface area contributed by atoms with Gasteiger partial charge in [0.2, 0.25) is 5.91 Å². The number of ether oxygens (including phenoxy) is 5. The van der Waals surface area contributed by atoms with E-state index in [4.69, 9.17) is 35.2 Å². The van der Waals surface area contributed by atoms with Crippen LogP contribution in [-0.4, -0.2) is 167 Å². The van der Waals surface area contributed by atoms with E-state index in [2.05, 4.69) is 121 Å². The molecule has 5 atom stereocenters. The van der Waals surface area contributed by atoms with Gasteiger partial charge in [-0.3, -0.25) is 19.6 Å². The summed E-state index contributed by atoms with van der Waals surface area (Å²) in [7, 11) is 3.56. The van der Waals surface area contributed by atoms with Crippen molar-refractivity contribution in [2.45, 2.75) is 175 Å². The molecule has 6 fully saturated rings. The van der Waals surface area contributed by atoms with Gasteiger partial charge in [0.15, 0.2) is 0 Å². The Labute approximate surface area is 483 Å². The van der Waals surface area contributed by atoms with Crippen LogP contribution in [0.5, 0.6) is 0 Å². The Kier molecular flexibility index (Phi) is 20.3. The maximum Gasteiger partial charge on any atom is 0.238 e. The van der Waals surface area contributed by atoms with Crippen LogP contribution >= 0.6 is 0 Å². The fourth-order valence-corrected chi connectivity index (χ4v) is 15.1. The van der Waals surface area contributed by atoms with E-state index in [0.717, 1.165) is 185 Å². The first-order chi connectivity index (χ1) is 38.5. The highest BCUT2D eigenvalue weighted by molar-refractivity contribution is 5.95. The number of hydrogen-bond donors (Lipinski definition) is 2. The van der Waals surface area contributed by atoms with Crippen LogP contribution in [0.1, 0.15) is 158 Å². The second kappa shape index (κ2) is 26.8. The van der Waals surface area contributed by atoms with Gasteiger partial charge in [-0.05, 0) is 155 Å². The molecular weight excluding hydrogens is 1000 g/mol. The lowest BCUT2D eigenvalue weighted by Gasteiger charge is -2.59. The molecule has 0 unspecified atom stereocenters. The first kappa shape index (κ1) is 60.7. The molecule has 448 valence electrons. The molecule has 1 spiro atoms. The Morgan fingerprint density at radius 2 is 1.71 bits per heavy atom. The van der Waals surface area contributed by atoms with Crippen molar-refractivity contribution in [2.24, 2.45) is 28.1 Å². The molecule has 9 rings (SSSR count). The van der Waals surface area contributed by atoms with Gasteiger partial charge in [0, 0.05) is 147 Å². The van der Waals surface area contributed by atoms with Gasteiger partial charge in [-0.1, -0.05) is 48.1 Å². The number of hydrogen-bond acceptors (Lipinski definition) is 13. The average Bonchev–Trinajstić information content (AvgIpc) is 4.11. The van der Waals surface area contributed by atoms with Gasteiger partial charge in [0.1, 0.15) is 6.29 Å². The fourth-order valence-electron chi connectivity index (χ4n) is 15.1. The van der Waals surface area contributed by atoms with E-state index in [1.165, 1.54) is 27.7 Å². The molecule has 0 aliphatic carbocycles. The Hall–Kier alpha value is -3.93. The van der Waals surface area contributed by atoms with Crippen LogP contribution < -0.4 is 15.6 Å². The molecule has 2 N–H and O–H groups in total. The van der Waals surface area contributed by atoms with Crippen LogP contribution in [0.2, 0.25) is 0 Å². The van der Waals surface area contributed by atoms with E-state index in [1.54, 1.807) is 14.2 Å². The van der Waals surface area contributed by atoms with Crippen molar-refractivity contribution < 1.29 is 36.1 Å². The molecule has 0 bridgehead atoms. The Balaban J connectivity index is 0.00000484. The van der Waals surface area contributed by atoms with Gasteiger partial charge in [0.25, 0.3) is 0 Å². The van der Waals surface area contributed by atoms with E-state index in [1.807, 2.05) is 0 Å². The fraction of sp³-hybridized carbons (Fsp3) is 0.738. The summed E-state index contributed by atoms with van der Waals surface area (Å²) >= 11 is 0. The standard InChI is InChI=1S/C65H102N8O7.2H2/c1-12-71-55-19-18-51(38-52(55)54(39-63(6,7)25-16-31-74)61(71)53-37-49(48-21-32-78-33-22-48)40-66-59(53)47(5)77-11)69(30-36-76-10)29-20-56(70-41-65(42-70)43-80-44-65)58(46(4)73-28-14-13-26-67-73)68-62(75)60(45(2)3)72-27-15-17-57(72)64(8,9)50-23-34-79-35-24-50;;/h18-19,31,37-38,40,45,47-48,50,56-58,60,67H,4,12-17,20-30,32-36,39,41-44H2,1-3,5-11H3,(H,68,75);2*1H/t47-,56+,57+,58+,60-;;/m0../s1. The molecule has 1 amide bonds. The smallest absolute Gasteiger partial charge is 0.238 e. The second-order valence-electron chi connectivity index (χ2n) is 26.6. The van der Waals surface area contributed by atoms with Gasteiger partial charge in [-0.25, -0.2) is 5.43 Å². The van der Waals surface area contributed by atoms with Gasteiger partial charge < -0.3 is 48.3 Å². The van der Waals surface area contributed by atoms with Crippen LogP contribution in [0, 0.1) is 28.1 Å². The van der Waals surface area contributed by atoms with Crippen molar-refractivity contribution >= 4 is 28.8 Å². The van der Waals surface area contributed by atoms with Crippen molar-refractivity contribution in [1.29, 1.82) is 0 Å². The molecule has 15 nitrogen and oxygen atoms in total. The number of hydrazine groups is 1. The summed E-state index contributed by atoms with van der Waals surface area (Å²) in [6, 6.07) is 9.14. The lowest BCUT2D eigenvalue weighted by molar-refractivity contribution is -0.200. The minimum Gasteiger partial charge on any atom is -0.383 e. The highest BCUT2D eigenvalue weighted by Crippen LogP contribution is 2.47. The molecule has 6 saturated heterocycles. The van der Waals surface area contributed by atoms with E-state index in [0.29, 0.717) is 37.5 Å². The largest absolute Gasteiger partial charge is 0.383 e. The van der Waals surface area contributed by atoms with Crippen LogP contribution in [0.3, 0.4) is 0 Å². The number of fused-ring (bicyclic) bond motifs is 1. The summed E-state index contributed by atoms with van der Waals surface area (Å²) < 4.78 is 32.0. The number of rotatable bonds is 27. The molecule has 15 heteroatoms. The lowest BCUT2D eigenvalue weighted by atomic mass is 9.68. The first-order valence-electron chi connectivity index (χ1n) is 31.1. The lowest BCUT2D eigenvalue weighted by Crippen LogP contribution is -2.72. The molecule has 0 saturated carbocycles. The Bertz CT molecular complexity index is 2550. The summed E-state index contributed by atoms with van der Waals surface area (Å²) in [4.78, 5) is 40.6. The minimum absolute atomic E-state index is 0. The quantitative estimate of drug-likeness (QED) is 0.0702. The zero-order chi connectivity index (χ0) is 56.8. The summed E-state index contributed by atoms with van der Waals surface area (Å²) in [5.74, 6) is 1.16. The number of nitrogens with one attached hydrogen (secondary N) is 2. The molecule has 2 aromatic heterocycles. The Morgan fingerprint density at radius 1 is 0.975 bits per heavy atom.